The normalized spacial score (nSPS) is 17.0. The molecule has 3 rings (SSSR count). The summed E-state index contributed by atoms with van der Waals surface area (Å²) in [7, 11) is -3.31. The van der Waals surface area contributed by atoms with Gasteiger partial charge < -0.3 is 5.32 Å². The van der Waals surface area contributed by atoms with E-state index in [1.807, 2.05) is 37.3 Å². The van der Waals surface area contributed by atoms with E-state index in [1.165, 1.54) is 10.6 Å². The zero-order chi connectivity index (χ0) is 16.6. The molecule has 0 bridgehead atoms. The molecule has 2 aromatic carbocycles. The van der Waals surface area contributed by atoms with Crippen molar-refractivity contribution in [1.82, 2.24) is 0 Å². The Kier molecular flexibility index (Phi) is 3.85. The minimum Gasteiger partial charge on any atom is -0.322 e. The van der Waals surface area contributed by atoms with Crippen molar-refractivity contribution in [3.63, 3.8) is 0 Å². The maximum Gasteiger partial charge on any atom is 0.255 e. The average molecular weight is 330 g/mol. The van der Waals surface area contributed by atoms with Gasteiger partial charge in [-0.3, -0.25) is 9.10 Å². The highest BCUT2D eigenvalue weighted by Crippen LogP contribution is 2.34. The monoisotopic (exact) mass is 330 g/mol. The first-order chi connectivity index (χ1) is 10.9. The van der Waals surface area contributed by atoms with Crippen molar-refractivity contribution in [2.75, 3.05) is 15.9 Å². The zero-order valence-corrected chi connectivity index (χ0v) is 13.8. The molecule has 0 spiro atoms. The van der Waals surface area contributed by atoms with E-state index in [0.29, 0.717) is 17.7 Å². The van der Waals surface area contributed by atoms with Crippen LogP contribution in [0, 0.1) is 0 Å². The topological polar surface area (TPSA) is 66.5 Å². The highest BCUT2D eigenvalue weighted by molar-refractivity contribution is 7.92. The minimum atomic E-state index is -3.31. The highest BCUT2D eigenvalue weighted by Gasteiger charge is 2.32. The lowest BCUT2D eigenvalue weighted by Crippen LogP contribution is -2.34. The first-order valence-corrected chi connectivity index (χ1v) is 9.20. The van der Waals surface area contributed by atoms with Gasteiger partial charge >= 0.3 is 0 Å². The van der Waals surface area contributed by atoms with E-state index in [4.69, 9.17) is 0 Å². The molecule has 120 valence electrons. The standard InChI is InChI=1S/C17H18N2O3S/c1-12-10-14-11-13(8-9-16(14)19(12)23(2,21)22)17(20)18-15-6-4-3-5-7-15/h3-9,11-12H,10H2,1-2H3,(H,18,20)/t12-/m1/s1. The SMILES string of the molecule is C[C@@H]1Cc2cc(C(=O)Nc3ccccc3)ccc2N1S(C)(=O)=O. The number of carbonyl (C=O) groups excluding carboxylic acids is 1. The molecule has 1 N–H and O–H groups in total. The van der Waals surface area contributed by atoms with Gasteiger partial charge in [0.2, 0.25) is 10.0 Å². The average Bonchev–Trinajstić information content (AvgIpc) is 2.82. The third-order valence-electron chi connectivity index (χ3n) is 3.88. The molecular formula is C17H18N2O3S. The van der Waals surface area contributed by atoms with Gasteiger partial charge in [-0.25, -0.2) is 8.42 Å². The molecule has 6 heteroatoms. The van der Waals surface area contributed by atoms with E-state index in [2.05, 4.69) is 5.32 Å². The second kappa shape index (κ2) is 5.70. The number of benzene rings is 2. The van der Waals surface area contributed by atoms with Crippen LogP contribution in [0.4, 0.5) is 11.4 Å². The molecule has 2 aromatic rings. The molecule has 0 saturated heterocycles. The Morgan fingerprint density at radius 1 is 1.17 bits per heavy atom. The Hall–Kier alpha value is -2.34. The van der Waals surface area contributed by atoms with Crippen LogP contribution < -0.4 is 9.62 Å². The smallest absolute Gasteiger partial charge is 0.255 e. The van der Waals surface area contributed by atoms with Crippen LogP contribution in [0.5, 0.6) is 0 Å². The van der Waals surface area contributed by atoms with E-state index >= 15 is 0 Å². The Morgan fingerprint density at radius 2 is 1.87 bits per heavy atom. The maximum atomic E-state index is 12.3. The lowest BCUT2D eigenvalue weighted by molar-refractivity contribution is 0.102. The van der Waals surface area contributed by atoms with E-state index < -0.39 is 10.0 Å². The summed E-state index contributed by atoms with van der Waals surface area (Å²) in [5.41, 5.74) is 2.79. The molecule has 1 amide bonds. The fraction of sp³-hybridized carbons (Fsp3) is 0.235. The van der Waals surface area contributed by atoms with Crippen molar-refractivity contribution in [1.29, 1.82) is 0 Å². The fourth-order valence-corrected chi connectivity index (χ4v) is 4.24. The van der Waals surface area contributed by atoms with Crippen LogP contribution in [-0.4, -0.2) is 26.6 Å². The molecule has 0 unspecified atom stereocenters. The van der Waals surface area contributed by atoms with Gasteiger partial charge in [-0.2, -0.15) is 0 Å². The van der Waals surface area contributed by atoms with Crippen LogP contribution in [0.1, 0.15) is 22.8 Å². The molecule has 5 nitrogen and oxygen atoms in total. The summed E-state index contributed by atoms with van der Waals surface area (Å²) in [6.07, 6.45) is 1.81. The number of hydrogen-bond donors (Lipinski definition) is 1. The van der Waals surface area contributed by atoms with Crippen LogP contribution in [0.15, 0.2) is 48.5 Å². The Balaban J connectivity index is 1.88. The van der Waals surface area contributed by atoms with Gasteiger partial charge in [0.05, 0.1) is 11.9 Å². The molecule has 1 heterocycles. The van der Waals surface area contributed by atoms with Crippen LogP contribution in [0.2, 0.25) is 0 Å². The van der Waals surface area contributed by atoms with Gasteiger partial charge in [-0.05, 0) is 49.2 Å². The minimum absolute atomic E-state index is 0.132. The number of anilines is 2. The number of para-hydroxylation sites is 1. The van der Waals surface area contributed by atoms with Crippen molar-refractivity contribution in [3.05, 3.63) is 59.7 Å². The Morgan fingerprint density at radius 3 is 2.52 bits per heavy atom. The van der Waals surface area contributed by atoms with Crippen molar-refractivity contribution in [3.8, 4) is 0 Å². The lowest BCUT2D eigenvalue weighted by Gasteiger charge is -2.21. The third-order valence-corrected chi connectivity index (χ3v) is 5.15. The first-order valence-electron chi connectivity index (χ1n) is 7.35. The maximum absolute atomic E-state index is 12.3. The summed E-state index contributed by atoms with van der Waals surface area (Å²) in [5.74, 6) is -0.204. The van der Waals surface area contributed by atoms with Crippen LogP contribution in [0.3, 0.4) is 0 Å². The molecule has 0 fully saturated rings. The molecule has 1 aliphatic rings. The van der Waals surface area contributed by atoms with E-state index in [0.717, 1.165) is 11.3 Å². The molecule has 0 radical (unpaired) electrons. The van der Waals surface area contributed by atoms with Gasteiger partial charge in [0.25, 0.3) is 5.91 Å². The predicted octanol–water partition coefficient (Wildman–Crippen LogP) is 2.65. The van der Waals surface area contributed by atoms with Gasteiger partial charge in [-0.1, -0.05) is 18.2 Å². The number of sulfonamides is 1. The van der Waals surface area contributed by atoms with Crippen molar-refractivity contribution in [2.45, 2.75) is 19.4 Å². The highest BCUT2D eigenvalue weighted by atomic mass is 32.2. The number of fused-ring (bicyclic) bond motifs is 1. The summed E-state index contributed by atoms with van der Waals surface area (Å²) < 4.78 is 25.2. The molecule has 0 aliphatic carbocycles. The molecule has 0 saturated carbocycles. The third kappa shape index (κ3) is 3.07. The number of rotatable bonds is 3. The second-order valence-electron chi connectivity index (χ2n) is 5.78. The van der Waals surface area contributed by atoms with Crippen LogP contribution in [0.25, 0.3) is 0 Å². The number of hydrogen-bond acceptors (Lipinski definition) is 3. The van der Waals surface area contributed by atoms with Gasteiger partial charge in [0, 0.05) is 17.3 Å². The molecular weight excluding hydrogens is 312 g/mol. The predicted molar refractivity (Wildman–Crippen MR) is 91.3 cm³/mol. The number of amides is 1. The van der Waals surface area contributed by atoms with E-state index in [-0.39, 0.29) is 11.9 Å². The quantitative estimate of drug-likeness (QED) is 0.941. The van der Waals surface area contributed by atoms with Crippen molar-refractivity contribution < 1.29 is 13.2 Å². The summed E-state index contributed by atoms with van der Waals surface area (Å²) in [6.45, 7) is 1.87. The largest absolute Gasteiger partial charge is 0.322 e. The second-order valence-corrected chi connectivity index (χ2v) is 7.64. The zero-order valence-electron chi connectivity index (χ0n) is 13.0. The number of nitrogens with zero attached hydrogens (tertiary/aromatic N) is 1. The Labute approximate surface area is 136 Å². The number of nitrogens with one attached hydrogen (secondary N) is 1. The molecule has 0 aromatic heterocycles. The summed E-state index contributed by atoms with van der Waals surface area (Å²) in [5, 5.41) is 2.83. The molecule has 1 aliphatic heterocycles. The lowest BCUT2D eigenvalue weighted by atomic mass is 10.1. The summed E-state index contributed by atoms with van der Waals surface area (Å²) in [6, 6.07) is 14.2. The van der Waals surface area contributed by atoms with Crippen molar-refractivity contribution >= 4 is 27.3 Å². The summed E-state index contributed by atoms with van der Waals surface area (Å²) in [4.78, 5) is 12.3. The van der Waals surface area contributed by atoms with Gasteiger partial charge in [0.1, 0.15) is 0 Å². The van der Waals surface area contributed by atoms with Crippen LogP contribution >= 0.6 is 0 Å². The number of carbonyl (C=O) groups is 1. The molecule has 23 heavy (non-hydrogen) atoms. The van der Waals surface area contributed by atoms with Crippen molar-refractivity contribution in [2.24, 2.45) is 0 Å². The van der Waals surface area contributed by atoms with E-state index in [9.17, 15) is 13.2 Å². The first kappa shape index (κ1) is 15.6. The Bertz CT molecular complexity index is 847. The summed E-state index contributed by atoms with van der Waals surface area (Å²) >= 11 is 0. The van der Waals surface area contributed by atoms with Crippen LogP contribution in [-0.2, 0) is 16.4 Å². The molecule has 1 atom stereocenters. The fourth-order valence-electron chi connectivity index (χ4n) is 2.97. The van der Waals surface area contributed by atoms with E-state index in [1.54, 1.807) is 18.2 Å². The van der Waals surface area contributed by atoms with Gasteiger partial charge in [0.15, 0.2) is 0 Å². The van der Waals surface area contributed by atoms with Gasteiger partial charge in [-0.15, -0.1) is 0 Å².